The molecule has 25 heavy (non-hydrogen) atoms. The Labute approximate surface area is 149 Å². The first-order chi connectivity index (χ1) is 11.8. The van der Waals surface area contributed by atoms with Gasteiger partial charge in [-0.05, 0) is 37.6 Å². The molecule has 0 radical (unpaired) electrons. The molecular weight excluding hydrogens is 341 g/mol. The Morgan fingerprint density at radius 2 is 1.88 bits per heavy atom. The van der Waals surface area contributed by atoms with Gasteiger partial charge in [0.05, 0.1) is 12.8 Å². The third-order valence-electron chi connectivity index (χ3n) is 4.88. The lowest BCUT2D eigenvalue weighted by atomic mass is 9.72. The van der Waals surface area contributed by atoms with Crippen molar-refractivity contribution in [2.75, 3.05) is 7.11 Å². The van der Waals surface area contributed by atoms with Gasteiger partial charge in [0, 0.05) is 23.5 Å². The minimum atomic E-state index is -2.08. The first-order valence-electron chi connectivity index (χ1n) is 8.13. The van der Waals surface area contributed by atoms with Crippen molar-refractivity contribution in [2.24, 2.45) is 10.3 Å². The van der Waals surface area contributed by atoms with E-state index in [-0.39, 0.29) is 17.7 Å². The molecule has 0 aliphatic carbocycles. The molecule has 0 aromatic heterocycles. The zero-order chi connectivity index (χ0) is 18.2. The lowest BCUT2D eigenvalue weighted by molar-refractivity contribution is 0.0260. The predicted octanol–water partition coefficient (Wildman–Crippen LogP) is 4.62. The van der Waals surface area contributed by atoms with Crippen LogP contribution in [0.3, 0.4) is 0 Å². The number of benzene rings is 2. The number of hydrogen-bond acceptors (Lipinski definition) is 4. The van der Waals surface area contributed by atoms with Crippen molar-refractivity contribution in [3.8, 4) is 5.75 Å². The van der Waals surface area contributed by atoms with Crippen LogP contribution in [0.25, 0.3) is 0 Å². The lowest BCUT2D eigenvalue weighted by Gasteiger charge is -2.43. The topological polar surface area (TPSA) is 47.9 Å². The van der Waals surface area contributed by atoms with Gasteiger partial charge in [0.1, 0.15) is 17.2 Å². The van der Waals surface area contributed by atoms with Crippen LogP contribution in [0, 0.1) is 11.7 Å². The molecule has 0 saturated heterocycles. The van der Waals surface area contributed by atoms with E-state index in [9.17, 15) is 8.60 Å². The molecule has 2 aromatic rings. The molecule has 0 bridgehead atoms. The Balaban J connectivity index is 2.11. The summed E-state index contributed by atoms with van der Waals surface area (Å²) in [6, 6.07) is 12.1. The lowest BCUT2D eigenvalue weighted by Crippen LogP contribution is -2.43. The summed E-state index contributed by atoms with van der Waals surface area (Å²) in [6.07, 6.45) is 0. The fourth-order valence-corrected chi connectivity index (χ4v) is 3.65. The van der Waals surface area contributed by atoms with Crippen LogP contribution in [-0.4, -0.2) is 16.9 Å². The number of fused-ring (bicyclic) bond motifs is 1. The van der Waals surface area contributed by atoms with Gasteiger partial charge >= 0.3 is 0 Å². The number of halogens is 1. The van der Waals surface area contributed by atoms with Gasteiger partial charge in [0.2, 0.25) is 0 Å². The maximum atomic E-state index is 13.3. The van der Waals surface area contributed by atoms with Crippen molar-refractivity contribution in [2.45, 2.75) is 32.3 Å². The van der Waals surface area contributed by atoms with Gasteiger partial charge in [-0.25, -0.2) is 8.60 Å². The van der Waals surface area contributed by atoms with E-state index >= 15 is 0 Å². The van der Waals surface area contributed by atoms with Gasteiger partial charge in [0.25, 0.3) is 0 Å². The van der Waals surface area contributed by atoms with Crippen molar-refractivity contribution in [3.05, 3.63) is 59.4 Å². The maximum absolute atomic E-state index is 13.3. The second-order valence-corrected chi connectivity index (χ2v) is 7.81. The fraction of sp³-hybridized carbons (Fsp3) is 0.368. The summed E-state index contributed by atoms with van der Waals surface area (Å²) in [5.74, 6) is 0.715. The Bertz CT molecular complexity index is 857. The molecule has 0 fully saturated rings. The number of hydrogen-bond donors (Lipinski definition) is 1. The van der Waals surface area contributed by atoms with E-state index in [2.05, 4.69) is 11.3 Å². The molecule has 1 aliphatic rings. The van der Waals surface area contributed by atoms with E-state index in [4.69, 9.17) is 8.92 Å². The van der Waals surface area contributed by atoms with Gasteiger partial charge in [0.15, 0.2) is 10.9 Å². The van der Waals surface area contributed by atoms with Crippen LogP contribution in [0.1, 0.15) is 37.8 Å². The largest absolute Gasteiger partial charge is 0.487 e. The predicted molar refractivity (Wildman–Crippen MR) is 97.2 cm³/mol. The van der Waals surface area contributed by atoms with Crippen molar-refractivity contribution in [1.29, 1.82) is 0 Å². The molecule has 2 unspecified atom stereocenters. The normalized spacial score (nSPS) is 22.9. The second kappa shape index (κ2) is 6.77. The van der Waals surface area contributed by atoms with Crippen LogP contribution in [0.2, 0.25) is 0 Å². The van der Waals surface area contributed by atoms with Crippen LogP contribution in [-0.2, 0) is 15.1 Å². The third-order valence-corrected chi connectivity index (χ3v) is 5.59. The van der Waals surface area contributed by atoms with Crippen LogP contribution < -0.4 is 4.74 Å². The van der Waals surface area contributed by atoms with Crippen molar-refractivity contribution in [1.82, 2.24) is 0 Å². The molecule has 2 aromatic carbocycles. The Kier molecular flexibility index (Phi) is 4.84. The molecule has 0 saturated carbocycles. The zero-order valence-corrected chi connectivity index (χ0v) is 15.6. The first kappa shape index (κ1) is 17.9. The molecular formula is C19H22FNO3S. The average molecular weight is 363 g/mol. The van der Waals surface area contributed by atoms with E-state index in [1.54, 1.807) is 12.1 Å². The molecule has 1 aliphatic heterocycles. The second-order valence-electron chi connectivity index (χ2n) is 6.77. The van der Waals surface area contributed by atoms with Crippen LogP contribution >= 0.6 is 0 Å². The van der Waals surface area contributed by atoms with Gasteiger partial charge < -0.3 is 4.74 Å². The molecule has 1 heterocycles. The van der Waals surface area contributed by atoms with Crippen LogP contribution in [0.4, 0.5) is 10.1 Å². The van der Waals surface area contributed by atoms with Crippen molar-refractivity contribution in [3.63, 3.8) is 0 Å². The average Bonchev–Trinajstić information content (AvgIpc) is 2.57. The van der Waals surface area contributed by atoms with Crippen molar-refractivity contribution >= 4 is 16.6 Å². The van der Waals surface area contributed by atoms with E-state index in [1.807, 2.05) is 32.0 Å². The Morgan fingerprint density at radius 1 is 1.20 bits per heavy atom. The smallest absolute Gasteiger partial charge is 0.156 e. The van der Waals surface area contributed by atoms with Gasteiger partial charge in [-0.15, -0.1) is 0 Å². The monoisotopic (exact) mass is 363 g/mol. The van der Waals surface area contributed by atoms with Crippen molar-refractivity contribution < 1.29 is 17.5 Å². The zero-order valence-electron chi connectivity index (χ0n) is 14.7. The summed E-state index contributed by atoms with van der Waals surface area (Å²) >= 11 is 0. The van der Waals surface area contributed by atoms with Crippen LogP contribution in [0.15, 0.2) is 46.8 Å². The minimum Gasteiger partial charge on any atom is -0.487 e. The standard InChI is InChI=1S/C19H22FNO3S/c1-12-18(13-5-7-14(20)8-6-13)16-10-9-15(21-25(22)23-4)11-17(16)24-19(12,2)3/h5-12,18,25H,1-4H3/t12-,18?/m1/s1. The summed E-state index contributed by atoms with van der Waals surface area (Å²) < 4.78 is 39.8. The van der Waals surface area contributed by atoms with E-state index in [0.717, 1.165) is 11.1 Å². The summed E-state index contributed by atoms with van der Waals surface area (Å²) in [5, 5.41) is 0. The van der Waals surface area contributed by atoms with E-state index in [1.165, 1.54) is 19.2 Å². The molecule has 6 heteroatoms. The number of ether oxygens (including phenoxy) is 1. The molecule has 3 atom stereocenters. The molecule has 134 valence electrons. The number of rotatable bonds is 3. The Hall–Kier alpha value is -1.92. The highest BCUT2D eigenvalue weighted by Crippen LogP contribution is 2.48. The van der Waals surface area contributed by atoms with E-state index in [0.29, 0.717) is 11.4 Å². The Morgan fingerprint density at radius 3 is 2.52 bits per heavy atom. The van der Waals surface area contributed by atoms with Crippen LogP contribution in [0.5, 0.6) is 5.75 Å². The van der Waals surface area contributed by atoms with Gasteiger partial charge in [-0.2, -0.15) is 4.36 Å². The maximum Gasteiger partial charge on any atom is 0.156 e. The molecule has 4 nitrogen and oxygen atoms in total. The highest BCUT2D eigenvalue weighted by atomic mass is 32.2. The first-order valence-corrected chi connectivity index (χ1v) is 9.26. The molecule has 3 rings (SSSR count). The highest BCUT2D eigenvalue weighted by molar-refractivity contribution is 7.69. The summed E-state index contributed by atoms with van der Waals surface area (Å²) in [7, 11) is -0.728. The quantitative estimate of drug-likeness (QED) is 0.810. The van der Waals surface area contributed by atoms with Gasteiger partial charge in [-0.3, -0.25) is 4.18 Å². The highest BCUT2D eigenvalue weighted by Gasteiger charge is 2.41. The van der Waals surface area contributed by atoms with Gasteiger partial charge in [-0.1, -0.05) is 25.1 Å². The third kappa shape index (κ3) is 3.55. The minimum absolute atomic E-state index is 0.0737. The number of nitrogens with zero attached hydrogens (tertiary/aromatic N) is 1. The SMILES string of the molecule is CO[SH](=O)=Nc1ccc2c(c1)OC(C)(C)[C@H](C)C2c1ccc(F)cc1. The summed E-state index contributed by atoms with van der Waals surface area (Å²) in [6.45, 7) is 6.21. The molecule has 0 spiro atoms. The number of thiol groups is 1. The van der Waals surface area contributed by atoms with E-state index < -0.39 is 16.5 Å². The summed E-state index contributed by atoms with van der Waals surface area (Å²) in [5.41, 5.74) is 2.20. The summed E-state index contributed by atoms with van der Waals surface area (Å²) in [4.78, 5) is 0. The molecule has 0 amide bonds. The fourth-order valence-electron chi connectivity index (χ4n) is 3.25. The molecule has 0 N–H and O–H groups in total.